The third-order valence-electron chi connectivity index (χ3n) is 4.14. The third kappa shape index (κ3) is 5.95. The first-order chi connectivity index (χ1) is 12.0. The Kier molecular flexibility index (Phi) is 6.56. The topological polar surface area (TPSA) is 96.2 Å². The van der Waals surface area contributed by atoms with Crippen LogP contribution in [0.1, 0.15) is 29.7 Å². The molecule has 134 valence electrons. The summed E-state index contributed by atoms with van der Waals surface area (Å²) in [4.78, 5) is 23.0. The molecule has 0 aliphatic carbocycles. The van der Waals surface area contributed by atoms with Gasteiger partial charge in [0.15, 0.2) is 0 Å². The lowest BCUT2D eigenvalue weighted by atomic mass is 10.0. The molecule has 0 aliphatic heterocycles. The average molecular weight is 344 g/mol. The molecule has 7 heteroatoms. The largest absolute Gasteiger partial charge is 0.481 e. The van der Waals surface area contributed by atoms with E-state index < -0.39 is 5.97 Å². The molecule has 2 aromatic rings. The van der Waals surface area contributed by atoms with Crippen LogP contribution < -0.4 is 10.6 Å². The molecule has 2 rings (SSSR count). The summed E-state index contributed by atoms with van der Waals surface area (Å²) in [5, 5.41) is 18.7. The van der Waals surface area contributed by atoms with E-state index in [1.807, 2.05) is 44.3 Å². The second kappa shape index (κ2) is 8.86. The summed E-state index contributed by atoms with van der Waals surface area (Å²) < 4.78 is 1.75. The van der Waals surface area contributed by atoms with E-state index in [0.29, 0.717) is 19.4 Å². The van der Waals surface area contributed by atoms with Crippen LogP contribution in [0.25, 0.3) is 0 Å². The number of amides is 2. The maximum Gasteiger partial charge on any atom is 0.315 e. The monoisotopic (exact) mass is 344 g/mol. The first-order valence-corrected chi connectivity index (χ1v) is 8.23. The maximum atomic E-state index is 12.2. The molecule has 1 heterocycles. The Morgan fingerprint density at radius 1 is 1.28 bits per heavy atom. The van der Waals surface area contributed by atoms with Crippen molar-refractivity contribution in [2.75, 3.05) is 0 Å². The fourth-order valence-electron chi connectivity index (χ4n) is 2.55. The van der Waals surface area contributed by atoms with Crippen molar-refractivity contribution >= 4 is 12.0 Å². The van der Waals surface area contributed by atoms with Crippen LogP contribution >= 0.6 is 0 Å². The van der Waals surface area contributed by atoms with Gasteiger partial charge in [0.25, 0.3) is 0 Å². The normalized spacial score (nSPS) is 11.8. The number of nitrogens with one attached hydrogen (secondary N) is 2. The average Bonchev–Trinajstić information content (AvgIpc) is 2.90. The Hall–Kier alpha value is -2.83. The summed E-state index contributed by atoms with van der Waals surface area (Å²) in [5.74, 6) is -0.869. The van der Waals surface area contributed by atoms with Crippen LogP contribution in [0.2, 0.25) is 0 Å². The van der Waals surface area contributed by atoms with Crippen LogP contribution in [0, 0.1) is 6.92 Å². The molecule has 0 bridgehead atoms. The van der Waals surface area contributed by atoms with Crippen LogP contribution in [0.15, 0.2) is 36.5 Å². The number of benzene rings is 1. The third-order valence-corrected chi connectivity index (χ3v) is 4.14. The Balaban J connectivity index is 1.91. The minimum Gasteiger partial charge on any atom is -0.481 e. The van der Waals surface area contributed by atoms with Gasteiger partial charge in [0.1, 0.15) is 0 Å². The van der Waals surface area contributed by atoms with Crippen LogP contribution in [0.3, 0.4) is 0 Å². The van der Waals surface area contributed by atoms with E-state index in [1.54, 1.807) is 10.9 Å². The van der Waals surface area contributed by atoms with Gasteiger partial charge < -0.3 is 15.7 Å². The highest BCUT2D eigenvalue weighted by atomic mass is 16.4. The predicted molar refractivity (Wildman–Crippen MR) is 94.1 cm³/mol. The molecule has 0 fully saturated rings. The SMILES string of the molecule is Cc1c(CNC(=O)NC(CCC(=O)O)Cc2ccccc2)cnn1C. The minimum atomic E-state index is -0.869. The molecule has 2 amide bonds. The lowest BCUT2D eigenvalue weighted by Gasteiger charge is -2.18. The highest BCUT2D eigenvalue weighted by molar-refractivity contribution is 5.74. The summed E-state index contributed by atoms with van der Waals surface area (Å²) in [6.45, 7) is 2.31. The highest BCUT2D eigenvalue weighted by Gasteiger charge is 2.15. The summed E-state index contributed by atoms with van der Waals surface area (Å²) in [6.07, 6.45) is 2.71. The van der Waals surface area contributed by atoms with Gasteiger partial charge in [0, 0.05) is 37.3 Å². The molecule has 1 aromatic carbocycles. The number of hydrogen-bond donors (Lipinski definition) is 3. The maximum absolute atomic E-state index is 12.2. The number of carboxylic acids is 1. The van der Waals surface area contributed by atoms with E-state index >= 15 is 0 Å². The molecule has 3 N–H and O–H groups in total. The number of carboxylic acid groups (broad SMARTS) is 1. The van der Waals surface area contributed by atoms with Crippen LogP contribution in [-0.4, -0.2) is 32.9 Å². The van der Waals surface area contributed by atoms with E-state index in [1.165, 1.54) is 0 Å². The lowest BCUT2D eigenvalue weighted by Crippen LogP contribution is -2.43. The Labute approximate surface area is 147 Å². The zero-order valence-corrected chi connectivity index (χ0v) is 14.5. The quantitative estimate of drug-likeness (QED) is 0.682. The number of carbonyl (C=O) groups excluding carboxylic acids is 1. The second-order valence-corrected chi connectivity index (χ2v) is 6.02. The molecule has 1 unspecified atom stereocenters. The lowest BCUT2D eigenvalue weighted by molar-refractivity contribution is -0.137. The minimum absolute atomic E-state index is 0.0134. The molecule has 7 nitrogen and oxygen atoms in total. The number of carbonyl (C=O) groups is 2. The van der Waals surface area contributed by atoms with Crippen molar-refractivity contribution in [3.8, 4) is 0 Å². The standard InChI is InChI=1S/C18H24N4O3/c1-13-15(12-20-22(13)2)11-19-18(25)21-16(8-9-17(23)24)10-14-6-4-3-5-7-14/h3-7,12,16H,8-11H2,1-2H3,(H,23,24)(H2,19,21,25). The summed E-state index contributed by atoms with van der Waals surface area (Å²) in [5.41, 5.74) is 3.00. The van der Waals surface area contributed by atoms with Crippen molar-refractivity contribution in [2.45, 2.75) is 38.8 Å². The van der Waals surface area contributed by atoms with E-state index in [2.05, 4.69) is 15.7 Å². The zero-order valence-electron chi connectivity index (χ0n) is 14.5. The highest BCUT2D eigenvalue weighted by Crippen LogP contribution is 2.08. The van der Waals surface area contributed by atoms with Gasteiger partial charge >= 0.3 is 12.0 Å². The summed E-state index contributed by atoms with van der Waals surface area (Å²) in [7, 11) is 1.85. The van der Waals surface area contributed by atoms with Gasteiger partial charge in [-0.15, -0.1) is 0 Å². The zero-order chi connectivity index (χ0) is 18.2. The number of aromatic nitrogens is 2. The molecule has 0 saturated carbocycles. The molecule has 25 heavy (non-hydrogen) atoms. The summed E-state index contributed by atoms with van der Waals surface area (Å²) in [6, 6.07) is 9.15. The van der Waals surface area contributed by atoms with Crippen LogP contribution in [0.5, 0.6) is 0 Å². The molecular formula is C18H24N4O3. The van der Waals surface area contributed by atoms with E-state index in [9.17, 15) is 9.59 Å². The summed E-state index contributed by atoms with van der Waals surface area (Å²) >= 11 is 0. The molecule has 0 saturated heterocycles. The number of nitrogens with zero attached hydrogens (tertiary/aromatic N) is 2. The molecular weight excluding hydrogens is 320 g/mol. The van der Waals surface area contributed by atoms with Crippen molar-refractivity contribution in [2.24, 2.45) is 7.05 Å². The first kappa shape index (κ1) is 18.5. The number of rotatable bonds is 8. The van der Waals surface area contributed by atoms with Crippen molar-refractivity contribution in [1.82, 2.24) is 20.4 Å². The Morgan fingerprint density at radius 3 is 2.60 bits per heavy atom. The molecule has 1 aromatic heterocycles. The van der Waals surface area contributed by atoms with Gasteiger partial charge in [-0.1, -0.05) is 30.3 Å². The number of urea groups is 1. The van der Waals surface area contributed by atoms with Crippen molar-refractivity contribution in [3.05, 3.63) is 53.3 Å². The number of aryl methyl sites for hydroxylation is 1. The van der Waals surface area contributed by atoms with Gasteiger partial charge in [0.05, 0.1) is 6.20 Å². The predicted octanol–water partition coefficient (Wildman–Crippen LogP) is 2.00. The Bertz CT molecular complexity index is 712. The molecule has 0 aliphatic rings. The molecule has 1 atom stereocenters. The molecule has 0 radical (unpaired) electrons. The van der Waals surface area contributed by atoms with E-state index in [0.717, 1.165) is 16.8 Å². The van der Waals surface area contributed by atoms with Gasteiger partial charge in [-0.3, -0.25) is 9.48 Å². The molecule has 0 spiro atoms. The number of aliphatic carboxylic acids is 1. The van der Waals surface area contributed by atoms with Gasteiger partial charge in [-0.2, -0.15) is 5.10 Å². The van der Waals surface area contributed by atoms with Crippen molar-refractivity contribution in [3.63, 3.8) is 0 Å². The van der Waals surface area contributed by atoms with Crippen LogP contribution in [-0.2, 0) is 24.8 Å². The number of hydrogen-bond acceptors (Lipinski definition) is 3. The Morgan fingerprint density at radius 2 is 2.00 bits per heavy atom. The van der Waals surface area contributed by atoms with Crippen LogP contribution in [0.4, 0.5) is 4.79 Å². The van der Waals surface area contributed by atoms with Gasteiger partial charge in [0.2, 0.25) is 0 Å². The van der Waals surface area contributed by atoms with E-state index in [-0.39, 0.29) is 18.5 Å². The fourth-order valence-corrected chi connectivity index (χ4v) is 2.55. The van der Waals surface area contributed by atoms with Gasteiger partial charge in [-0.25, -0.2) is 4.79 Å². The van der Waals surface area contributed by atoms with Gasteiger partial charge in [-0.05, 0) is 25.3 Å². The van der Waals surface area contributed by atoms with Crippen molar-refractivity contribution < 1.29 is 14.7 Å². The first-order valence-electron chi connectivity index (χ1n) is 8.23. The fraction of sp³-hybridized carbons (Fsp3) is 0.389. The second-order valence-electron chi connectivity index (χ2n) is 6.02. The van der Waals surface area contributed by atoms with Crippen molar-refractivity contribution in [1.29, 1.82) is 0 Å². The smallest absolute Gasteiger partial charge is 0.315 e. The van der Waals surface area contributed by atoms with E-state index in [4.69, 9.17) is 5.11 Å².